The topological polar surface area (TPSA) is 64.3 Å². The van der Waals surface area contributed by atoms with Crippen LogP contribution in [0.1, 0.15) is 24.5 Å². The van der Waals surface area contributed by atoms with Gasteiger partial charge in [-0.1, -0.05) is 30.3 Å². The molecule has 128 valence electrons. The van der Waals surface area contributed by atoms with E-state index in [0.29, 0.717) is 23.3 Å². The fourth-order valence-electron chi connectivity index (χ4n) is 2.17. The third kappa shape index (κ3) is 5.32. The molecule has 6 heteroatoms. The van der Waals surface area contributed by atoms with Crippen molar-refractivity contribution in [2.75, 3.05) is 13.1 Å². The molecular weight excluding hydrogens is 375 g/mol. The Kier molecular flexibility index (Phi) is 7.21. The van der Waals surface area contributed by atoms with E-state index in [1.54, 1.807) is 0 Å². The van der Waals surface area contributed by atoms with E-state index < -0.39 is 6.10 Å². The van der Waals surface area contributed by atoms with Crippen molar-refractivity contribution in [1.82, 2.24) is 5.32 Å². The number of carbonyl (C=O) groups is 1. The Labute approximate surface area is 149 Å². The van der Waals surface area contributed by atoms with E-state index in [2.05, 4.69) is 21.2 Å². The second-order valence-corrected chi connectivity index (χ2v) is 6.12. The van der Waals surface area contributed by atoms with E-state index in [1.165, 1.54) is 18.2 Å². The molecule has 2 aromatic carbocycles. The second-order valence-electron chi connectivity index (χ2n) is 5.27. The number of nitrogens with one attached hydrogen (secondary N) is 1. The third-order valence-corrected chi connectivity index (χ3v) is 4.03. The van der Waals surface area contributed by atoms with Gasteiger partial charge < -0.3 is 15.8 Å². The highest BCUT2D eigenvalue weighted by Crippen LogP contribution is 2.30. The van der Waals surface area contributed by atoms with Gasteiger partial charge in [-0.05, 0) is 53.5 Å². The van der Waals surface area contributed by atoms with Crippen molar-refractivity contribution in [3.8, 4) is 5.75 Å². The molecule has 2 aromatic rings. The molecule has 0 fully saturated rings. The van der Waals surface area contributed by atoms with Crippen LogP contribution in [0.15, 0.2) is 53.0 Å². The van der Waals surface area contributed by atoms with Gasteiger partial charge in [0.05, 0.1) is 4.47 Å². The smallest absolute Gasteiger partial charge is 0.265 e. The van der Waals surface area contributed by atoms with Crippen molar-refractivity contribution >= 4 is 21.8 Å². The number of ether oxygens (including phenoxy) is 1. The fourth-order valence-corrected chi connectivity index (χ4v) is 2.62. The van der Waals surface area contributed by atoms with Crippen LogP contribution < -0.4 is 15.8 Å². The van der Waals surface area contributed by atoms with Crippen molar-refractivity contribution in [3.63, 3.8) is 0 Å². The van der Waals surface area contributed by atoms with Crippen molar-refractivity contribution < 1.29 is 13.9 Å². The van der Waals surface area contributed by atoms with Gasteiger partial charge in [-0.3, -0.25) is 4.79 Å². The molecule has 0 aliphatic heterocycles. The molecule has 24 heavy (non-hydrogen) atoms. The molecule has 0 spiro atoms. The largest absolute Gasteiger partial charge is 0.475 e. The van der Waals surface area contributed by atoms with Crippen molar-refractivity contribution in [3.05, 3.63) is 64.4 Å². The summed E-state index contributed by atoms with van der Waals surface area (Å²) < 4.78 is 19.5. The van der Waals surface area contributed by atoms with Gasteiger partial charge in [-0.25, -0.2) is 4.39 Å². The molecule has 1 atom stereocenters. The van der Waals surface area contributed by atoms with Crippen LogP contribution in [0.3, 0.4) is 0 Å². The Morgan fingerprint density at radius 1 is 1.21 bits per heavy atom. The molecule has 0 aromatic heterocycles. The van der Waals surface area contributed by atoms with Gasteiger partial charge in [0.15, 0.2) is 0 Å². The number of benzene rings is 2. The first-order chi connectivity index (χ1) is 11.6. The van der Waals surface area contributed by atoms with Crippen molar-refractivity contribution in [2.45, 2.75) is 18.9 Å². The zero-order chi connectivity index (χ0) is 17.4. The first-order valence-electron chi connectivity index (χ1n) is 7.76. The van der Waals surface area contributed by atoms with Gasteiger partial charge in [-0.2, -0.15) is 0 Å². The third-order valence-electron chi connectivity index (χ3n) is 3.41. The summed E-state index contributed by atoms with van der Waals surface area (Å²) in [6.07, 6.45) is 0.843. The van der Waals surface area contributed by atoms with Crippen LogP contribution in [0.5, 0.6) is 5.75 Å². The summed E-state index contributed by atoms with van der Waals surface area (Å²) >= 11 is 3.26. The molecule has 0 bridgehead atoms. The predicted octanol–water partition coefficient (Wildman–Crippen LogP) is 3.56. The first-order valence-corrected chi connectivity index (χ1v) is 8.55. The van der Waals surface area contributed by atoms with Crippen molar-refractivity contribution in [2.24, 2.45) is 5.73 Å². The summed E-state index contributed by atoms with van der Waals surface area (Å²) in [6.45, 7) is 1.13. The molecular formula is C18H20BrFN2O2. The Morgan fingerprint density at radius 2 is 1.96 bits per heavy atom. The monoisotopic (exact) mass is 394 g/mol. The summed E-state index contributed by atoms with van der Waals surface area (Å²) in [4.78, 5) is 12.5. The minimum absolute atomic E-state index is 0.241. The Bertz CT molecular complexity index is 667. The number of carbonyl (C=O) groups excluding carboxylic acids is 1. The maximum atomic E-state index is 13.2. The number of hydrogen-bond donors (Lipinski definition) is 2. The van der Waals surface area contributed by atoms with Gasteiger partial charge in [0, 0.05) is 12.1 Å². The van der Waals surface area contributed by atoms with Crippen LogP contribution >= 0.6 is 15.9 Å². The highest BCUT2D eigenvalue weighted by atomic mass is 79.9. The highest BCUT2D eigenvalue weighted by molar-refractivity contribution is 9.10. The van der Waals surface area contributed by atoms with Gasteiger partial charge in [0.2, 0.25) is 6.10 Å². The Morgan fingerprint density at radius 3 is 2.62 bits per heavy atom. The molecule has 0 saturated carbocycles. The maximum Gasteiger partial charge on any atom is 0.265 e. The summed E-state index contributed by atoms with van der Waals surface area (Å²) in [5, 5.41) is 2.86. The van der Waals surface area contributed by atoms with Crippen molar-refractivity contribution in [1.29, 1.82) is 0 Å². The van der Waals surface area contributed by atoms with E-state index in [1.807, 2.05) is 30.3 Å². The predicted molar refractivity (Wildman–Crippen MR) is 95.2 cm³/mol. The number of unbranched alkanes of at least 4 members (excludes halogenated alkanes) is 1. The maximum absolute atomic E-state index is 13.2. The Hall–Kier alpha value is -1.92. The number of halogens is 2. The van der Waals surface area contributed by atoms with Gasteiger partial charge in [-0.15, -0.1) is 0 Å². The summed E-state index contributed by atoms with van der Waals surface area (Å²) in [5.74, 6) is -0.214. The standard InChI is InChI=1S/C18H20BrFN2O2/c19-15-12-14(20)8-9-16(15)24-17(13-6-2-1-3-7-13)18(23)22-11-5-4-10-21/h1-3,6-9,12,17H,4-5,10-11,21H2,(H,22,23). The molecule has 3 N–H and O–H groups in total. The zero-order valence-electron chi connectivity index (χ0n) is 13.2. The lowest BCUT2D eigenvalue weighted by Gasteiger charge is -2.20. The van der Waals surface area contributed by atoms with E-state index >= 15 is 0 Å². The van der Waals surface area contributed by atoms with Crippen LogP contribution in [0.25, 0.3) is 0 Å². The minimum atomic E-state index is -0.814. The zero-order valence-corrected chi connectivity index (χ0v) is 14.8. The number of amides is 1. The van der Waals surface area contributed by atoms with E-state index in [9.17, 15) is 9.18 Å². The molecule has 0 saturated heterocycles. The van der Waals surface area contributed by atoms with Crippen LogP contribution in [-0.4, -0.2) is 19.0 Å². The lowest BCUT2D eigenvalue weighted by Crippen LogP contribution is -2.33. The number of nitrogens with two attached hydrogens (primary N) is 1. The van der Waals surface area contributed by atoms with Crippen LogP contribution in [0, 0.1) is 5.82 Å². The lowest BCUT2D eigenvalue weighted by atomic mass is 10.1. The fraction of sp³-hybridized carbons (Fsp3) is 0.278. The summed E-state index contributed by atoms with van der Waals surface area (Å²) in [6, 6.07) is 13.3. The van der Waals surface area contributed by atoms with E-state index in [0.717, 1.165) is 18.4 Å². The number of rotatable bonds is 8. The van der Waals surface area contributed by atoms with Crippen LogP contribution in [0.2, 0.25) is 0 Å². The molecule has 2 rings (SSSR count). The quantitative estimate of drug-likeness (QED) is 0.672. The number of hydrogen-bond acceptors (Lipinski definition) is 3. The van der Waals surface area contributed by atoms with E-state index in [-0.39, 0.29) is 11.7 Å². The normalized spacial score (nSPS) is 11.8. The highest BCUT2D eigenvalue weighted by Gasteiger charge is 2.23. The lowest BCUT2D eigenvalue weighted by molar-refractivity contribution is -0.128. The second kappa shape index (κ2) is 9.39. The van der Waals surface area contributed by atoms with Gasteiger partial charge in [0.25, 0.3) is 5.91 Å². The van der Waals surface area contributed by atoms with Gasteiger partial charge >= 0.3 is 0 Å². The summed E-state index contributed by atoms with van der Waals surface area (Å²) in [7, 11) is 0. The summed E-state index contributed by atoms with van der Waals surface area (Å²) in [5.41, 5.74) is 6.18. The molecule has 1 amide bonds. The minimum Gasteiger partial charge on any atom is -0.475 e. The van der Waals surface area contributed by atoms with Gasteiger partial charge in [0.1, 0.15) is 11.6 Å². The molecule has 0 heterocycles. The SMILES string of the molecule is NCCCCNC(=O)C(Oc1ccc(F)cc1Br)c1ccccc1. The molecule has 0 radical (unpaired) electrons. The first kappa shape index (κ1) is 18.4. The average Bonchev–Trinajstić information content (AvgIpc) is 2.58. The average molecular weight is 395 g/mol. The Balaban J connectivity index is 2.15. The van der Waals surface area contributed by atoms with E-state index in [4.69, 9.17) is 10.5 Å². The van der Waals surface area contributed by atoms with Crippen LogP contribution in [0.4, 0.5) is 4.39 Å². The molecule has 4 nitrogen and oxygen atoms in total. The molecule has 1 unspecified atom stereocenters. The molecule has 0 aliphatic rings. The van der Waals surface area contributed by atoms with Crippen LogP contribution in [-0.2, 0) is 4.79 Å². The molecule has 0 aliphatic carbocycles.